The van der Waals surface area contributed by atoms with Crippen molar-refractivity contribution in [1.29, 1.82) is 0 Å². The number of rotatable bonds is 6. The molecule has 0 saturated heterocycles. The molecule has 0 aromatic heterocycles. The number of benzene rings is 1. The maximum absolute atomic E-state index is 11.8. The van der Waals surface area contributed by atoms with E-state index in [0.717, 1.165) is 8.04 Å². The van der Waals surface area contributed by atoms with E-state index in [9.17, 15) is 9.59 Å². The topological polar surface area (TPSA) is 81.4 Å². The minimum Gasteiger partial charge on any atom is -0.370 e. The summed E-state index contributed by atoms with van der Waals surface area (Å²) in [6, 6.07) is 5.47. The van der Waals surface area contributed by atoms with Gasteiger partial charge in [-0.3, -0.25) is 9.59 Å². The number of carbonyl (C=O) groups excluding carboxylic acids is 2. The molecule has 0 unspecified atom stereocenters. The molecule has 5 nitrogen and oxygen atoms in total. The molecule has 1 aromatic rings. The summed E-state index contributed by atoms with van der Waals surface area (Å²) in [4.78, 5) is 22.2. The molecular formula is C11H12BrIN2O3. The number of halogens is 2. The van der Waals surface area contributed by atoms with E-state index < -0.39 is 5.91 Å². The van der Waals surface area contributed by atoms with Gasteiger partial charge in [0.15, 0.2) is 0 Å². The van der Waals surface area contributed by atoms with E-state index in [1.54, 1.807) is 6.07 Å². The van der Waals surface area contributed by atoms with Gasteiger partial charge in [0.2, 0.25) is 5.91 Å². The van der Waals surface area contributed by atoms with Crippen LogP contribution in [0.15, 0.2) is 22.7 Å². The van der Waals surface area contributed by atoms with Gasteiger partial charge in [-0.1, -0.05) is 15.9 Å². The van der Waals surface area contributed by atoms with E-state index in [1.807, 2.05) is 12.1 Å². The van der Waals surface area contributed by atoms with Crippen LogP contribution in [0.5, 0.6) is 0 Å². The zero-order valence-electron chi connectivity index (χ0n) is 9.41. The largest absolute Gasteiger partial charge is 0.370 e. The number of primary amides is 1. The number of carbonyl (C=O) groups is 2. The Labute approximate surface area is 127 Å². The molecule has 98 valence electrons. The lowest BCUT2D eigenvalue weighted by Crippen LogP contribution is -2.29. The molecule has 18 heavy (non-hydrogen) atoms. The summed E-state index contributed by atoms with van der Waals surface area (Å²) >= 11 is 5.41. The summed E-state index contributed by atoms with van der Waals surface area (Å²) in [5, 5.41) is 2.70. The second-order valence-electron chi connectivity index (χ2n) is 3.40. The van der Waals surface area contributed by atoms with Crippen molar-refractivity contribution in [3.63, 3.8) is 0 Å². The van der Waals surface area contributed by atoms with E-state index in [1.165, 1.54) is 0 Å². The first kappa shape index (κ1) is 15.4. The van der Waals surface area contributed by atoms with Crippen molar-refractivity contribution in [2.24, 2.45) is 5.73 Å². The Morgan fingerprint density at radius 1 is 1.44 bits per heavy atom. The van der Waals surface area contributed by atoms with Gasteiger partial charge < -0.3 is 15.8 Å². The highest BCUT2D eigenvalue weighted by atomic mass is 127. The zero-order chi connectivity index (χ0) is 13.5. The highest BCUT2D eigenvalue weighted by Crippen LogP contribution is 2.18. The number of hydrogen-bond donors (Lipinski definition) is 2. The molecule has 0 bridgehead atoms. The van der Waals surface area contributed by atoms with Crippen molar-refractivity contribution in [1.82, 2.24) is 5.32 Å². The van der Waals surface area contributed by atoms with E-state index in [4.69, 9.17) is 10.5 Å². The number of nitrogens with two attached hydrogens (primary N) is 1. The smallest absolute Gasteiger partial charge is 0.252 e. The molecule has 0 saturated carbocycles. The average molecular weight is 427 g/mol. The average Bonchev–Trinajstić information content (AvgIpc) is 2.31. The normalized spacial score (nSPS) is 10.1. The first-order valence-electron chi connectivity index (χ1n) is 5.10. The Morgan fingerprint density at radius 3 is 2.83 bits per heavy atom. The van der Waals surface area contributed by atoms with Crippen molar-refractivity contribution in [2.45, 2.75) is 0 Å². The minimum atomic E-state index is -0.525. The van der Waals surface area contributed by atoms with Gasteiger partial charge >= 0.3 is 0 Å². The van der Waals surface area contributed by atoms with Gasteiger partial charge in [0.25, 0.3) is 5.91 Å². The summed E-state index contributed by atoms with van der Waals surface area (Å²) in [5.41, 5.74) is 5.50. The van der Waals surface area contributed by atoms with Gasteiger partial charge in [-0.25, -0.2) is 0 Å². The van der Waals surface area contributed by atoms with Gasteiger partial charge in [0.1, 0.15) is 6.61 Å². The number of amides is 2. The molecule has 0 atom stereocenters. The first-order chi connectivity index (χ1) is 8.50. The highest BCUT2D eigenvalue weighted by Gasteiger charge is 2.09. The molecule has 7 heteroatoms. The van der Waals surface area contributed by atoms with Crippen LogP contribution in [0.4, 0.5) is 0 Å². The van der Waals surface area contributed by atoms with Crippen LogP contribution in [0.3, 0.4) is 0 Å². The fourth-order valence-corrected chi connectivity index (χ4v) is 2.12. The summed E-state index contributed by atoms with van der Waals surface area (Å²) in [7, 11) is 0. The standard InChI is InChI=1S/C11H12BrIN2O3/c12-7-1-2-9(13)8(5-7)11(17)15-3-4-18-6-10(14)16/h1-2,5H,3-4,6H2,(H2,14,16)(H,15,17). The van der Waals surface area contributed by atoms with Crippen molar-refractivity contribution in [3.8, 4) is 0 Å². The van der Waals surface area contributed by atoms with Gasteiger partial charge in [0.05, 0.1) is 12.2 Å². The zero-order valence-corrected chi connectivity index (χ0v) is 13.2. The molecule has 0 aliphatic rings. The number of nitrogens with one attached hydrogen (secondary N) is 1. The third kappa shape index (κ3) is 5.32. The summed E-state index contributed by atoms with van der Waals surface area (Å²) in [6.07, 6.45) is 0. The Bertz CT molecular complexity index is 454. The number of hydrogen-bond acceptors (Lipinski definition) is 3. The maximum atomic E-state index is 11.8. The lowest BCUT2D eigenvalue weighted by molar-refractivity contribution is -0.122. The predicted molar refractivity (Wildman–Crippen MR) is 79.2 cm³/mol. The second-order valence-corrected chi connectivity index (χ2v) is 5.48. The van der Waals surface area contributed by atoms with Crippen LogP contribution in [0.25, 0.3) is 0 Å². The third-order valence-electron chi connectivity index (χ3n) is 1.95. The van der Waals surface area contributed by atoms with Crippen LogP contribution in [0, 0.1) is 3.57 Å². The van der Waals surface area contributed by atoms with Gasteiger partial charge in [-0.15, -0.1) is 0 Å². The third-order valence-corrected chi connectivity index (χ3v) is 3.38. The molecule has 0 heterocycles. The predicted octanol–water partition coefficient (Wildman–Crippen LogP) is 1.29. The van der Waals surface area contributed by atoms with E-state index in [0.29, 0.717) is 12.1 Å². The van der Waals surface area contributed by atoms with Gasteiger partial charge in [0, 0.05) is 14.6 Å². The molecule has 1 aromatic carbocycles. The number of ether oxygens (including phenoxy) is 1. The second kappa shape index (κ2) is 7.70. The monoisotopic (exact) mass is 426 g/mol. The van der Waals surface area contributed by atoms with Crippen LogP contribution in [0.1, 0.15) is 10.4 Å². The molecule has 0 aliphatic carbocycles. The quantitative estimate of drug-likeness (QED) is 0.531. The van der Waals surface area contributed by atoms with Crippen LogP contribution >= 0.6 is 38.5 Å². The lowest BCUT2D eigenvalue weighted by atomic mass is 10.2. The van der Waals surface area contributed by atoms with Crippen molar-refractivity contribution < 1.29 is 14.3 Å². The highest BCUT2D eigenvalue weighted by molar-refractivity contribution is 14.1. The van der Waals surface area contributed by atoms with Gasteiger partial charge in [-0.2, -0.15) is 0 Å². The van der Waals surface area contributed by atoms with Crippen molar-refractivity contribution in [2.75, 3.05) is 19.8 Å². The Hall–Kier alpha value is -0.670. The van der Waals surface area contributed by atoms with E-state index in [-0.39, 0.29) is 19.1 Å². The molecule has 3 N–H and O–H groups in total. The summed E-state index contributed by atoms with van der Waals surface area (Å²) < 4.78 is 6.65. The molecule has 2 amide bonds. The van der Waals surface area contributed by atoms with Crippen LogP contribution in [-0.2, 0) is 9.53 Å². The van der Waals surface area contributed by atoms with Crippen LogP contribution in [-0.4, -0.2) is 31.6 Å². The molecule has 1 rings (SSSR count). The molecule has 0 radical (unpaired) electrons. The Balaban J connectivity index is 2.41. The first-order valence-corrected chi connectivity index (χ1v) is 6.97. The molecule has 0 aliphatic heterocycles. The molecular weight excluding hydrogens is 415 g/mol. The Morgan fingerprint density at radius 2 is 2.17 bits per heavy atom. The SMILES string of the molecule is NC(=O)COCCNC(=O)c1cc(Br)ccc1I. The minimum absolute atomic E-state index is 0.135. The lowest BCUT2D eigenvalue weighted by Gasteiger charge is -2.07. The summed E-state index contributed by atoms with van der Waals surface area (Å²) in [5.74, 6) is -0.703. The Kier molecular flexibility index (Phi) is 6.58. The fraction of sp³-hybridized carbons (Fsp3) is 0.273. The van der Waals surface area contributed by atoms with Gasteiger partial charge in [-0.05, 0) is 40.8 Å². The van der Waals surface area contributed by atoms with Crippen molar-refractivity contribution >= 4 is 50.3 Å². The molecule has 0 fully saturated rings. The van der Waals surface area contributed by atoms with E-state index >= 15 is 0 Å². The van der Waals surface area contributed by atoms with E-state index in [2.05, 4.69) is 43.8 Å². The van der Waals surface area contributed by atoms with Crippen LogP contribution < -0.4 is 11.1 Å². The van der Waals surface area contributed by atoms with Crippen molar-refractivity contribution in [3.05, 3.63) is 31.8 Å². The maximum Gasteiger partial charge on any atom is 0.252 e. The molecule has 0 spiro atoms. The summed E-state index contributed by atoms with van der Waals surface area (Å²) in [6.45, 7) is 0.443. The van der Waals surface area contributed by atoms with Crippen LogP contribution in [0.2, 0.25) is 0 Å². The fourth-order valence-electron chi connectivity index (χ4n) is 1.18.